The van der Waals surface area contributed by atoms with Gasteiger partial charge in [-0.2, -0.15) is 0 Å². The van der Waals surface area contributed by atoms with Crippen LogP contribution in [0.4, 0.5) is 0 Å². The second kappa shape index (κ2) is 11.2. The summed E-state index contributed by atoms with van der Waals surface area (Å²) in [5.74, 6) is 1.93. The Labute approximate surface area is 299 Å². The van der Waals surface area contributed by atoms with Crippen LogP contribution in [-0.4, -0.2) is 24.1 Å². The van der Waals surface area contributed by atoms with Crippen molar-refractivity contribution in [1.29, 1.82) is 0 Å². The zero-order valence-electron chi connectivity index (χ0n) is 28.0. The number of aromatic nitrogens is 5. The first-order valence-corrected chi connectivity index (χ1v) is 17.5. The highest BCUT2D eigenvalue weighted by Gasteiger charge is 2.23. The van der Waals surface area contributed by atoms with Gasteiger partial charge in [-0.15, -0.1) is 0 Å². The topological polar surface area (TPSA) is 48.5 Å². The van der Waals surface area contributed by atoms with Gasteiger partial charge in [-0.05, 0) is 47.9 Å². The molecule has 0 N–H and O–H groups in total. The van der Waals surface area contributed by atoms with Crippen molar-refractivity contribution >= 4 is 54.4 Å². The van der Waals surface area contributed by atoms with Crippen molar-refractivity contribution < 1.29 is 0 Å². The number of hydrogen-bond donors (Lipinski definition) is 0. The third kappa shape index (κ3) is 4.26. The van der Waals surface area contributed by atoms with E-state index in [1.165, 1.54) is 54.4 Å². The first-order valence-electron chi connectivity index (χ1n) is 17.5. The summed E-state index contributed by atoms with van der Waals surface area (Å²) in [6.45, 7) is 0. The van der Waals surface area contributed by atoms with Crippen molar-refractivity contribution in [2.45, 2.75) is 0 Å². The first kappa shape index (κ1) is 28.7. The van der Waals surface area contributed by atoms with E-state index in [4.69, 9.17) is 15.0 Å². The molecule has 242 valence electrons. The molecule has 0 unspecified atom stereocenters. The molecular formula is C47H29N5. The lowest BCUT2D eigenvalue weighted by Crippen LogP contribution is -2.01. The Morgan fingerprint density at radius 2 is 0.904 bits per heavy atom. The highest BCUT2D eigenvalue weighted by Crippen LogP contribution is 2.45. The normalized spacial score (nSPS) is 11.8. The lowest BCUT2D eigenvalue weighted by atomic mass is 9.99. The SMILES string of the molecule is c1ccc(-c2nc(-c3ccccc3)nc(-c3cccc(-n4c5cccc6ccc7c(c65)c4cc4c5ccccc5n(-c5ccccc5)c47)c3)n2)cc1. The van der Waals surface area contributed by atoms with Gasteiger partial charge >= 0.3 is 0 Å². The molecule has 0 aliphatic carbocycles. The quantitative estimate of drug-likeness (QED) is 0.172. The predicted molar refractivity (Wildman–Crippen MR) is 214 cm³/mol. The molecule has 3 aromatic heterocycles. The van der Waals surface area contributed by atoms with Crippen molar-refractivity contribution in [2.24, 2.45) is 0 Å². The summed E-state index contributed by atoms with van der Waals surface area (Å²) in [5, 5.41) is 7.46. The molecule has 0 saturated carbocycles. The maximum Gasteiger partial charge on any atom is 0.164 e. The van der Waals surface area contributed by atoms with Crippen LogP contribution in [0.5, 0.6) is 0 Å². The zero-order valence-corrected chi connectivity index (χ0v) is 28.0. The van der Waals surface area contributed by atoms with Gasteiger partial charge in [0, 0.05) is 55.0 Å². The van der Waals surface area contributed by atoms with Crippen LogP contribution >= 0.6 is 0 Å². The summed E-state index contributed by atoms with van der Waals surface area (Å²) in [5.41, 5.74) is 9.80. The van der Waals surface area contributed by atoms with E-state index in [0.717, 1.165) is 28.1 Å². The van der Waals surface area contributed by atoms with E-state index in [-0.39, 0.29) is 0 Å². The average Bonchev–Trinajstić information content (AvgIpc) is 3.74. The summed E-state index contributed by atoms with van der Waals surface area (Å²) >= 11 is 0. The second-order valence-electron chi connectivity index (χ2n) is 13.3. The largest absolute Gasteiger partial charge is 0.309 e. The monoisotopic (exact) mass is 663 g/mol. The van der Waals surface area contributed by atoms with Gasteiger partial charge in [-0.25, -0.2) is 15.0 Å². The Balaban J connectivity index is 1.19. The van der Waals surface area contributed by atoms with Crippen LogP contribution in [0, 0.1) is 0 Å². The van der Waals surface area contributed by atoms with Crippen molar-refractivity contribution in [2.75, 3.05) is 0 Å². The molecular weight excluding hydrogens is 635 g/mol. The second-order valence-corrected chi connectivity index (χ2v) is 13.3. The van der Waals surface area contributed by atoms with E-state index >= 15 is 0 Å². The van der Waals surface area contributed by atoms with Crippen LogP contribution in [0.1, 0.15) is 0 Å². The number of rotatable bonds is 5. The molecule has 0 spiro atoms. The average molecular weight is 664 g/mol. The molecule has 0 aliphatic rings. The van der Waals surface area contributed by atoms with Gasteiger partial charge in [0.15, 0.2) is 17.5 Å². The fourth-order valence-electron chi connectivity index (χ4n) is 8.05. The van der Waals surface area contributed by atoms with Crippen LogP contribution in [0.25, 0.3) is 99.9 Å². The van der Waals surface area contributed by atoms with Crippen molar-refractivity contribution in [3.63, 3.8) is 0 Å². The summed E-state index contributed by atoms with van der Waals surface area (Å²) in [6, 6.07) is 61.9. The number of benzene rings is 8. The van der Waals surface area contributed by atoms with Crippen LogP contribution in [0.3, 0.4) is 0 Å². The molecule has 0 radical (unpaired) electrons. The highest BCUT2D eigenvalue weighted by molar-refractivity contribution is 6.32. The number of para-hydroxylation sites is 2. The van der Waals surface area contributed by atoms with E-state index in [0.29, 0.717) is 17.5 Å². The van der Waals surface area contributed by atoms with Crippen molar-refractivity contribution in [1.82, 2.24) is 24.1 Å². The minimum absolute atomic E-state index is 0.635. The van der Waals surface area contributed by atoms with E-state index in [9.17, 15) is 0 Å². The van der Waals surface area contributed by atoms with Crippen molar-refractivity contribution in [3.8, 4) is 45.5 Å². The minimum atomic E-state index is 0.635. The Hall–Kier alpha value is -7.11. The van der Waals surface area contributed by atoms with E-state index in [1.807, 2.05) is 60.7 Å². The van der Waals surface area contributed by atoms with E-state index < -0.39 is 0 Å². The summed E-state index contributed by atoms with van der Waals surface area (Å²) < 4.78 is 4.84. The molecule has 8 aromatic carbocycles. The van der Waals surface area contributed by atoms with Gasteiger partial charge < -0.3 is 9.13 Å². The molecule has 0 fully saturated rings. The van der Waals surface area contributed by atoms with Crippen molar-refractivity contribution in [3.05, 3.63) is 176 Å². The Kier molecular flexibility index (Phi) is 6.18. The van der Waals surface area contributed by atoms with Gasteiger partial charge in [0.05, 0.1) is 22.1 Å². The maximum atomic E-state index is 5.05. The molecule has 0 atom stereocenters. The molecule has 3 heterocycles. The zero-order chi connectivity index (χ0) is 34.2. The van der Waals surface area contributed by atoms with Gasteiger partial charge in [0.2, 0.25) is 0 Å². The van der Waals surface area contributed by atoms with Gasteiger partial charge in [0.1, 0.15) is 0 Å². The van der Waals surface area contributed by atoms with Crippen LogP contribution in [-0.2, 0) is 0 Å². The van der Waals surface area contributed by atoms with Gasteiger partial charge in [-0.1, -0.05) is 133 Å². The van der Waals surface area contributed by atoms with E-state index in [2.05, 4.69) is 124 Å². The van der Waals surface area contributed by atoms with Crippen LogP contribution in [0.15, 0.2) is 176 Å². The lowest BCUT2D eigenvalue weighted by molar-refractivity contribution is 1.07. The fourth-order valence-corrected chi connectivity index (χ4v) is 8.05. The van der Waals surface area contributed by atoms with E-state index in [1.54, 1.807) is 0 Å². The standard InChI is InChI=1S/C47H29N5/c1-4-14-31(15-5-1)45-48-46(32-16-6-2-7-17-32)50-47(49-45)33-19-12-22-35(28-33)51-40-25-13-18-30-26-27-37-43(42(30)40)41(51)29-38-36-23-10-11-24-39(36)52(44(37)38)34-20-8-3-9-21-34/h1-29H. The Morgan fingerprint density at radius 3 is 1.63 bits per heavy atom. The molecule has 0 saturated heterocycles. The number of nitrogens with zero attached hydrogens (tertiary/aromatic N) is 5. The Bertz CT molecular complexity index is 3050. The highest BCUT2D eigenvalue weighted by atomic mass is 15.0. The fraction of sp³-hybridized carbons (Fsp3) is 0. The van der Waals surface area contributed by atoms with Crippen LogP contribution < -0.4 is 0 Å². The molecule has 52 heavy (non-hydrogen) atoms. The maximum absolute atomic E-state index is 5.05. The van der Waals surface area contributed by atoms with Gasteiger partial charge in [-0.3, -0.25) is 0 Å². The third-order valence-electron chi connectivity index (χ3n) is 10.3. The molecule has 5 nitrogen and oxygen atoms in total. The summed E-state index contributed by atoms with van der Waals surface area (Å²) in [6.07, 6.45) is 0. The molecule has 11 rings (SSSR count). The summed E-state index contributed by atoms with van der Waals surface area (Å²) in [4.78, 5) is 15.0. The number of hydrogen-bond acceptors (Lipinski definition) is 3. The molecule has 0 aliphatic heterocycles. The predicted octanol–water partition coefficient (Wildman–Crippen LogP) is 11.7. The smallest absolute Gasteiger partial charge is 0.164 e. The third-order valence-corrected chi connectivity index (χ3v) is 10.3. The molecule has 11 aromatic rings. The Morgan fingerprint density at radius 1 is 0.327 bits per heavy atom. The molecule has 0 bridgehead atoms. The van der Waals surface area contributed by atoms with Crippen LogP contribution in [0.2, 0.25) is 0 Å². The minimum Gasteiger partial charge on any atom is -0.309 e. The molecule has 5 heteroatoms. The lowest BCUT2D eigenvalue weighted by Gasteiger charge is -2.12. The molecule has 0 amide bonds. The summed E-state index contributed by atoms with van der Waals surface area (Å²) in [7, 11) is 0. The van der Waals surface area contributed by atoms with Gasteiger partial charge in [0.25, 0.3) is 0 Å². The number of fused-ring (bicyclic) bond motifs is 4. The first-order chi connectivity index (χ1) is 25.8.